The van der Waals surface area contributed by atoms with Gasteiger partial charge in [-0.1, -0.05) is 12.1 Å². The Kier molecular flexibility index (Phi) is 3.31. The van der Waals surface area contributed by atoms with Crippen molar-refractivity contribution < 1.29 is 26.3 Å². The van der Waals surface area contributed by atoms with Crippen LogP contribution in [0.1, 0.15) is 11.3 Å². The molecule has 0 amide bonds. The highest BCUT2D eigenvalue weighted by atomic mass is 19.4. The van der Waals surface area contributed by atoms with E-state index in [9.17, 15) is 26.3 Å². The molecule has 0 saturated heterocycles. The van der Waals surface area contributed by atoms with E-state index in [2.05, 4.69) is 10.1 Å². The van der Waals surface area contributed by atoms with Crippen LogP contribution in [-0.2, 0) is 12.4 Å². The summed E-state index contributed by atoms with van der Waals surface area (Å²) in [7, 11) is 0. The normalized spacial score (nSPS) is 12.8. The molecule has 0 N–H and O–H groups in total. The smallest absolute Gasteiger partial charge is 0.229 e. The van der Waals surface area contributed by atoms with E-state index in [4.69, 9.17) is 0 Å². The number of nitrogens with zero attached hydrogens (tertiary/aromatic N) is 3. The van der Waals surface area contributed by atoms with E-state index in [0.29, 0.717) is 10.6 Å². The van der Waals surface area contributed by atoms with Gasteiger partial charge in [-0.05, 0) is 18.2 Å². The minimum atomic E-state index is -4.72. The van der Waals surface area contributed by atoms with Crippen molar-refractivity contribution >= 4 is 5.65 Å². The third-order valence-corrected chi connectivity index (χ3v) is 3.14. The quantitative estimate of drug-likeness (QED) is 0.617. The van der Waals surface area contributed by atoms with E-state index in [1.807, 2.05) is 0 Å². The van der Waals surface area contributed by atoms with Gasteiger partial charge in [0.1, 0.15) is 0 Å². The highest BCUT2D eigenvalue weighted by Crippen LogP contribution is 2.34. The molecule has 1 aromatic carbocycles. The van der Waals surface area contributed by atoms with Gasteiger partial charge in [-0.2, -0.15) is 31.4 Å². The van der Waals surface area contributed by atoms with Crippen molar-refractivity contribution in [2.24, 2.45) is 0 Å². The molecule has 0 aliphatic heterocycles. The molecule has 9 heteroatoms. The maximum Gasteiger partial charge on any atom is 0.433 e. The van der Waals surface area contributed by atoms with Crippen molar-refractivity contribution in [1.29, 1.82) is 0 Å². The maximum atomic E-state index is 13.1. The predicted octanol–water partition coefficient (Wildman–Crippen LogP) is 4.43. The Hall–Kier alpha value is -2.58. The van der Waals surface area contributed by atoms with Crippen LogP contribution in [0.2, 0.25) is 0 Å². The van der Waals surface area contributed by atoms with Crippen molar-refractivity contribution in [3.05, 3.63) is 53.9 Å². The van der Waals surface area contributed by atoms with Crippen molar-refractivity contribution in [3.8, 4) is 11.3 Å². The summed E-state index contributed by atoms with van der Waals surface area (Å²) in [6.45, 7) is 0. The second kappa shape index (κ2) is 4.97. The zero-order valence-corrected chi connectivity index (χ0v) is 11.2. The monoisotopic (exact) mass is 331 g/mol. The molecule has 120 valence electrons. The summed E-state index contributed by atoms with van der Waals surface area (Å²) in [6, 6.07) is 5.90. The molecule has 0 atom stereocenters. The van der Waals surface area contributed by atoms with Crippen molar-refractivity contribution in [2.75, 3.05) is 0 Å². The fraction of sp³-hybridized carbons (Fsp3) is 0.143. The summed E-state index contributed by atoms with van der Waals surface area (Å²) in [6.07, 6.45) is -8.18. The lowest BCUT2D eigenvalue weighted by Crippen LogP contribution is -2.13. The van der Waals surface area contributed by atoms with Crippen LogP contribution in [0.25, 0.3) is 16.9 Å². The minimum absolute atomic E-state index is 0.0611. The number of hydrogen-bond donors (Lipinski definition) is 0. The number of benzene rings is 1. The van der Waals surface area contributed by atoms with Crippen LogP contribution in [0.15, 0.2) is 42.6 Å². The summed E-state index contributed by atoms with van der Waals surface area (Å²) in [5.74, 6) is 0. The molecule has 0 bridgehead atoms. The number of hydrogen-bond acceptors (Lipinski definition) is 2. The minimum Gasteiger partial charge on any atom is -0.229 e. The summed E-state index contributed by atoms with van der Waals surface area (Å²) < 4.78 is 78.1. The molecule has 0 fully saturated rings. The molecule has 0 saturated carbocycles. The number of fused-ring (bicyclic) bond motifs is 1. The molecule has 23 heavy (non-hydrogen) atoms. The molecule has 3 rings (SSSR count). The Morgan fingerprint density at radius 1 is 0.870 bits per heavy atom. The van der Waals surface area contributed by atoms with Crippen LogP contribution >= 0.6 is 0 Å². The number of halogens is 6. The lowest BCUT2D eigenvalue weighted by Gasteiger charge is -2.12. The van der Waals surface area contributed by atoms with E-state index in [1.165, 1.54) is 12.1 Å². The molecule has 0 radical (unpaired) electrons. The van der Waals surface area contributed by atoms with Crippen molar-refractivity contribution in [3.63, 3.8) is 0 Å². The maximum absolute atomic E-state index is 13.1. The van der Waals surface area contributed by atoms with Gasteiger partial charge >= 0.3 is 12.4 Å². The second-order valence-corrected chi connectivity index (χ2v) is 4.70. The van der Waals surface area contributed by atoms with Crippen LogP contribution in [0.5, 0.6) is 0 Å². The molecule has 0 spiro atoms. The molecular formula is C14H7F6N3. The first-order valence-electron chi connectivity index (χ1n) is 6.26. The van der Waals surface area contributed by atoms with Gasteiger partial charge in [-0.25, -0.2) is 9.50 Å². The van der Waals surface area contributed by atoms with Crippen molar-refractivity contribution in [2.45, 2.75) is 12.4 Å². The van der Waals surface area contributed by atoms with E-state index >= 15 is 0 Å². The van der Waals surface area contributed by atoms with Gasteiger partial charge < -0.3 is 0 Å². The average molecular weight is 331 g/mol. The molecule has 2 heterocycles. The van der Waals surface area contributed by atoms with E-state index in [1.54, 1.807) is 0 Å². The van der Waals surface area contributed by atoms with Gasteiger partial charge in [-0.15, -0.1) is 0 Å². The van der Waals surface area contributed by atoms with E-state index in [0.717, 1.165) is 24.4 Å². The van der Waals surface area contributed by atoms with E-state index < -0.39 is 23.6 Å². The molecule has 0 aliphatic carbocycles. The molecule has 2 aromatic heterocycles. The SMILES string of the molecule is FC(F)(F)c1cccc(-c2cc(C(F)(F)F)n3nccc3n2)c1. The van der Waals surface area contributed by atoms with Gasteiger partial charge in [0.2, 0.25) is 0 Å². The zero-order valence-electron chi connectivity index (χ0n) is 11.2. The topological polar surface area (TPSA) is 30.2 Å². The van der Waals surface area contributed by atoms with Crippen LogP contribution in [0.4, 0.5) is 26.3 Å². The number of alkyl halides is 6. The Morgan fingerprint density at radius 2 is 1.61 bits per heavy atom. The predicted molar refractivity (Wildman–Crippen MR) is 68.4 cm³/mol. The first-order valence-corrected chi connectivity index (χ1v) is 6.26. The fourth-order valence-corrected chi connectivity index (χ4v) is 2.12. The van der Waals surface area contributed by atoms with E-state index in [-0.39, 0.29) is 16.9 Å². The lowest BCUT2D eigenvalue weighted by molar-refractivity contribution is -0.142. The molecule has 0 unspecified atom stereocenters. The third-order valence-electron chi connectivity index (χ3n) is 3.14. The Labute approximate surface area is 125 Å². The fourth-order valence-electron chi connectivity index (χ4n) is 2.12. The number of rotatable bonds is 1. The summed E-state index contributed by atoms with van der Waals surface area (Å²) >= 11 is 0. The third kappa shape index (κ3) is 2.86. The van der Waals surface area contributed by atoms with Gasteiger partial charge in [0, 0.05) is 11.6 Å². The summed E-state index contributed by atoms with van der Waals surface area (Å²) in [5, 5.41) is 3.53. The van der Waals surface area contributed by atoms with Gasteiger partial charge in [0.25, 0.3) is 0 Å². The van der Waals surface area contributed by atoms with Crippen LogP contribution in [0, 0.1) is 0 Å². The summed E-state index contributed by atoms with van der Waals surface area (Å²) in [5.41, 5.74) is -2.45. The number of aromatic nitrogens is 3. The first-order chi connectivity index (χ1) is 10.7. The Bertz CT molecular complexity index is 863. The molecule has 3 nitrogen and oxygen atoms in total. The van der Waals surface area contributed by atoms with Gasteiger partial charge in [-0.3, -0.25) is 0 Å². The summed E-state index contributed by atoms with van der Waals surface area (Å²) in [4.78, 5) is 3.94. The Morgan fingerprint density at radius 3 is 2.26 bits per heavy atom. The zero-order chi connectivity index (χ0) is 16.8. The molecular weight excluding hydrogens is 324 g/mol. The van der Waals surface area contributed by atoms with Crippen LogP contribution in [0.3, 0.4) is 0 Å². The first kappa shape index (κ1) is 15.3. The Balaban J connectivity index is 2.21. The highest BCUT2D eigenvalue weighted by Gasteiger charge is 2.35. The largest absolute Gasteiger partial charge is 0.433 e. The lowest BCUT2D eigenvalue weighted by atomic mass is 10.1. The highest BCUT2D eigenvalue weighted by molar-refractivity contribution is 5.63. The van der Waals surface area contributed by atoms with Gasteiger partial charge in [0.15, 0.2) is 11.3 Å². The standard InChI is InChI=1S/C14H7F6N3/c15-13(16,17)9-3-1-2-8(6-9)10-7-11(14(18,19)20)23-12(22-10)4-5-21-23/h1-7H. The second-order valence-electron chi connectivity index (χ2n) is 4.70. The van der Waals surface area contributed by atoms with Crippen LogP contribution in [-0.4, -0.2) is 14.6 Å². The molecule has 0 aliphatic rings. The van der Waals surface area contributed by atoms with Crippen LogP contribution < -0.4 is 0 Å². The average Bonchev–Trinajstić information content (AvgIpc) is 2.92. The molecule has 3 aromatic rings. The van der Waals surface area contributed by atoms with Crippen molar-refractivity contribution in [1.82, 2.24) is 14.6 Å². The van der Waals surface area contributed by atoms with Gasteiger partial charge in [0.05, 0.1) is 17.5 Å².